The maximum Gasteiger partial charge on any atom is 0.224 e. The van der Waals surface area contributed by atoms with E-state index < -0.39 is 0 Å². The van der Waals surface area contributed by atoms with E-state index in [0.717, 1.165) is 5.56 Å². The third-order valence-electron chi connectivity index (χ3n) is 3.77. The molecule has 0 saturated carbocycles. The van der Waals surface area contributed by atoms with Gasteiger partial charge < -0.3 is 14.8 Å². The molecule has 26 heavy (non-hydrogen) atoms. The van der Waals surface area contributed by atoms with E-state index >= 15 is 0 Å². The highest BCUT2D eigenvalue weighted by molar-refractivity contribution is 6.00. The third-order valence-corrected chi connectivity index (χ3v) is 3.77. The van der Waals surface area contributed by atoms with Crippen LogP contribution in [0.3, 0.4) is 0 Å². The number of rotatable bonds is 7. The average molecular weight is 352 g/mol. The van der Waals surface area contributed by atoms with E-state index in [4.69, 9.17) is 14.7 Å². The molecule has 0 bridgehead atoms. The number of aryl methyl sites for hydroxylation is 1. The summed E-state index contributed by atoms with van der Waals surface area (Å²) in [4.78, 5) is 24.4. The monoisotopic (exact) mass is 352 g/mol. The molecule has 1 N–H and O–H groups in total. The van der Waals surface area contributed by atoms with Gasteiger partial charge in [-0.05, 0) is 48.9 Å². The lowest BCUT2D eigenvalue weighted by molar-refractivity contribution is -0.116. The van der Waals surface area contributed by atoms with Crippen LogP contribution in [0.25, 0.3) is 0 Å². The van der Waals surface area contributed by atoms with Crippen molar-refractivity contribution in [2.45, 2.75) is 19.8 Å². The van der Waals surface area contributed by atoms with E-state index in [0.29, 0.717) is 28.3 Å². The van der Waals surface area contributed by atoms with Crippen LogP contribution in [0.1, 0.15) is 34.3 Å². The molecule has 0 spiro atoms. The summed E-state index contributed by atoms with van der Waals surface area (Å²) >= 11 is 0. The zero-order valence-corrected chi connectivity index (χ0v) is 15.0. The number of carbonyl (C=O) groups is 2. The number of hydrogen-bond donors (Lipinski definition) is 1. The average Bonchev–Trinajstić information content (AvgIpc) is 2.64. The molecule has 6 heteroatoms. The molecule has 2 aromatic carbocycles. The number of anilines is 1. The number of nitriles is 1. The summed E-state index contributed by atoms with van der Waals surface area (Å²) in [6, 6.07) is 12.0. The van der Waals surface area contributed by atoms with Gasteiger partial charge in [0.05, 0.1) is 25.9 Å². The van der Waals surface area contributed by atoms with Crippen molar-refractivity contribution >= 4 is 17.4 Å². The van der Waals surface area contributed by atoms with Gasteiger partial charge in [0.1, 0.15) is 0 Å². The van der Waals surface area contributed by atoms with Crippen molar-refractivity contribution in [3.05, 3.63) is 53.1 Å². The van der Waals surface area contributed by atoms with Gasteiger partial charge in [0, 0.05) is 24.1 Å². The molecule has 2 rings (SSSR count). The Morgan fingerprint density at radius 3 is 2.42 bits per heavy atom. The predicted molar refractivity (Wildman–Crippen MR) is 97.6 cm³/mol. The van der Waals surface area contributed by atoms with Crippen molar-refractivity contribution in [2.75, 3.05) is 19.5 Å². The lowest BCUT2D eigenvalue weighted by Crippen LogP contribution is -2.13. The summed E-state index contributed by atoms with van der Waals surface area (Å²) in [7, 11) is 3.02. The minimum Gasteiger partial charge on any atom is -0.493 e. The quantitative estimate of drug-likeness (QED) is 0.771. The zero-order valence-electron chi connectivity index (χ0n) is 15.0. The number of amides is 1. The molecular weight excluding hydrogens is 332 g/mol. The van der Waals surface area contributed by atoms with Crippen LogP contribution >= 0.6 is 0 Å². The molecule has 0 aromatic heterocycles. The molecule has 6 nitrogen and oxygen atoms in total. The normalized spacial score (nSPS) is 9.92. The van der Waals surface area contributed by atoms with Gasteiger partial charge >= 0.3 is 0 Å². The first kappa shape index (κ1) is 19.0. The molecule has 0 aliphatic carbocycles. The molecule has 134 valence electrons. The van der Waals surface area contributed by atoms with Crippen molar-refractivity contribution < 1.29 is 19.1 Å². The number of benzene rings is 2. The SMILES string of the molecule is COc1ccc(C(=O)CCC(=O)Nc2cc(C)cc(C#N)c2)cc1OC. The highest BCUT2D eigenvalue weighted by atomic mass is 16.5. The molecule has 2 aromatic rings. The van der Waals surface area contributed by atoms with Gasteiger partial charge in [-0.3, -0.25) is 9.59 Å². The van der Waals surface area contributed by atoms with E-state index in [-0.39, 0.29) is 24.5 Å². The van der Waals surface area contributed by atoms with E-state index in [1.165, 1.54) is 14.2 Å². The van der Waals surface area contributed by atoms with Crippen molar-refractivity contribution in [2.24, 2.45) is 0 Å². The summed E-state index contributed by atoms with van der Waals surface area (Å²) < 4.78 is 10.3. The van der Waals surface area contributed by atoms with Gasteiger partial charge in [0.2, 0.25) is 5.91 Å². The fraction of sp³-hybridized carbons (Fsp3) is 0.250. The van der Waals surface area contributed by atoms with Gasteiger partial charge in [0.15, 0.2) is 17.3 Å². The van der Waals surface area contributed by atoms with Crippen LogP contribution in [-0.4, -0.2) is 25.9 Å². The Morgan fingerprint density at radius 2 is 1.77 bits per heavy atom. The van der Waals surface area contributed by atoms with Crippen molar-refractivity contribution in [1.82, 2.24) is 0 Å². The maximum absolute atomic E-state index is 12.3. The number of nitrogens with zero attached hydrogens (tertiary/aromatic N) is 1. The lowest BCUT2D eigenvalue weighted by atomic mass is 10.1. The molecule has 0 radical (unpaired) electrons. The smallest absolute Gasteiger partial charge is 0.224 e. The molecule has 0 aliphatic rings. The molecule has 1 amide bonds. The lowest BCUT2D eigenvalue weighted by Gasteiger charge is -2.09. The highest BCUT2D eigenvalue weighted by Gasteiger charge is 2.13. The Labute approximate surface area is 152 Å². The topological polar surface area (TPSA) is 88.4 Å². The van der Waals surface area contributed by atoms with Crippen LogP contribution in [-0.2, 0) is 4.79 Å². The molecule has 0 heterocycles. The Bertz CT molecular complexity index is 869. The van der Waals surface area contributed by atoms with Crippen LogP contribution in [0, 0.1) is 18.3 Å². The largest absolute Gasteiger partial charge is 0.493 e. The molecule has 0 aliphatic heterocycles. The Kier molecular flexibility index (Phi) is 6.34. The fourth-order valence-electron chi connectivity index (χ4n) is 2.52. The standard InChI is InChI=1S/C20H20N2O4/c1-13-8-14(12-21)10-16(9-13)22-20(24)7-5-17(23)15-4-6-18(25-2)19(11-15)26-3/h4,6,8-11H,5,7H2,1-3H3,(H,22,24). The van der Waals surface area contributed by atoms with Crippen LogP contribution < -0.4 is 14.8 Å². The van der Waals surface area contributed by atoms with Crippen molar-refractivity contribution in [3.63, 3.8) is 0 Å². The summed E-state index contributed by atoms with van der Waals surface area (Å²) in [6.07, 6.45) is 0.112. The number of ether oxygens (including phenoxy) is 2. The van der Waals surface area contributed by atoms with E-state index in [2.05, 4.69) is 5.32 Å². The van der Waals surface area contributed by atoms with Gasteiger partial charge in [-0.2, -0.15) is 5.26 Å². The number of methoxy groups -OCH3 is 2. The Morgan fingerprint density at radius 1 is 1.04 bits per heavy atom. The van der Waals surface area contributed by atoms with Gasteiger partial charge in [0.25, 0.3) is 0 Å². The second-order valence-electron chi connectivity index (χ2n) is 5.74. The summed E-state index contributed by atoms with van der Waals surface area (Å²) in [6.45, 7) is 1.84. The maximum atomic E-state index is 12.3. The highest BCUT2D eigenvalue weighted by Crippen LogP contribution is 2.28. The number of hydrogen-bond acceptors (Lipinski definition) is 5. The van der Waals surface area contributed by atoms with Crippen LogP contribution in [0.4, 0.5) is 5.69 Å². The predicted octanol–water partition coefficient (Wildman–Crippen LogP) is 3.49. The third kappa shape index (κ3) is 4.84. The first-order valence-corrected chi connectivity index (χ1v) is 8.03. The fourth-order valence-corrected chi connectivity index (χ4v) is 2.52. The number of nitrogens with one attached hydrogen (secondary N) is 1. The van der Waals surface area contributed by atoms with Gasteiger partial charge in [-0.15, -0.1) is 0 Å². The molecule has 0 unspecified atom stereocenters. The van der Waals surface area contributed by atoms with Crippen LogP contribution in [0.2, 0.25) is 0 Å². The van der Waals surface area contributed by atoms with Gasteiger partial charge in [-0.1, -0.05) is 0 Å². The van der Waals surface area contributed by atoms with Gasteiger partial charge in [-0.25, -0.2) is 0 Å². The van der Waals surface area contributed by atoms with Crippen LogP contribution in [0.5, 0.6) is 11.5 Å². The number of Topliss-reactive ketones (excluding diaryl/α,β-unsaturated/α-hetero) is 1. The second-order valence-corrected chi connectivity index (χ2v) is 5.74. The van der Waals surface area contributed by atoms with Crippen molar-refractivity contribution in [3.8, 4) is 17.6 Å². The van der Waals surface area contributed by atoms with E-state index in [1.54, 1.807) is 36.4 Å². The van der Waals surface area contributed by atoms with Crippen molar-refractivity contribution in [1.29, 1.82) is 5.26 Å². The first-order chi connectivity index (χ1) is 12.5. The number of carbonyl (C=O) groups excluding carboxylic acids is 2. The summed E-state index contributed by atoms with van der Waals surface area (Å²) in [5.41, 5.74) is 2.35. The summed E-state index contributed by atoms with van der Waals surface area (Å²) in [5, 5.41) is 11.7. The van der Waals surface area contributed by atoms with E-state index in [1.807, 2.05) is 13.0 Å². The zero-order chi connectivity index (χ0) is 19.1. The first-order valence-electron chi connectivity index (χ1n) is 8.03. The Hall–Kier alpha value is -3.33. The molecule has 0 fully saturated rings. The minimum atomic E-state index is -0.284. The molecular formula is C20H20N2O4. The second kappa shape index (κ2) is 8.67. The van der Waals surface area contributed by atoms with E-state index in [9.17, 15) is 9.59 Å². The summed E-state index contributed by atoms with van der Waals surface area (Å²) in [5.74, 6) is 0.553. The molecule has 0 saturated heterocycles. The minimum absolute atomic E-state index is 0.0446. The molecule has 0 atom stereocenters. The Balaban J connectivity index is 1.98. The number of ketones is 1. The van der Waals surface area contributed by atoms with Crippen LogP contribution in [0.15, 0.2) is 36.4 Å².